The molecule has 6 heteroatoms. The van der Waals surface area contributed by atoms with Crippen molar-refractivity contribution < 1.29 is 14.3 Å². The van der Waals surface area contributed by atoms with Gasteiger partial charge < -0.3 is 15.0 Å². The number of nitrogens with zero attached hydrogens (tertiary/aromatic N) is 2. The number of nitrogens with one attached hydrogen (secondary N) is 1. The predicted octanol–water partition coefficient (Wildman–Crippen LogP) is 2.98. The summed E-state index contributed by atoms with van der Waals surface area (Å²) in [6.45, 7) is 4.75. The Kier molecular flexibility index (Phi) is 6.02. The first-order valence-electron chi connectivity index (χ1n) is 10.0. The van der Waals surface area contributed by atoms with Gasteiger partial charge in [0.15, 0.2) is 0 Å². The second-order valence-corrected chi connectivity index (χ2v) is 8.51. The van der Waals surface area contributed by atoms with Crippen LogP contribution in [-0.4, -0.2) is 48.4 Å². The van der Waals surface area contributed by atoms with E-state index >= 15 is 0 Å². The van der Waals surface area contributed by atoms with Crippen LogP contribution in [0.5, 0.6) is 5.88 Å². The molecule has 3 rings (SSSR count). The van der Waals surface area contributed by atoms with Crippen LogP contribution in [-0.2, 0) is 4.79 Å². The minimum atomic E-state index is -0.548. The van der Waals surface area contributed by atoms with E-state index in [2.05, 4.69) is 10.3 Å². The molecule has 0 unspecified atom stereocenters. The van der Waals surface area contributed by atoms with Crippen LogP contribution in [0.15, 0.2) is 12.1 Å². The van der Waals surface area contributed by atoms with Crippen LogP contribution >= 0.6 is 0 Å². The molecule has 0 saturated heterocycles. The van der Waals surface area contributed by atoms with E-state index in [1.165, 1.54) is 17.7 Å². The van der Waals surface area contributed by atoms with Gasteiger partial charge in [-0.05, 0) is 55.9 Å². The summed E-state index contributed by atoms with van der Waals surface area (Å²) >= 11 is 0. The number of likely N-dealkylation sites (N-methyl/N-ethyl adjacent to an activating group) is 1. The molecule has 1 aromatic rings. The maximum Gasteiger partial charge on any atom is 0.270 e. The number of rotatable bonds is 9. The van der Waals surface area contributed by atoms with Crippen LogP contribution in [0, 0.1) is 11.8 Å². The van der Waals surface area contributed by atoms with Gasteiger partial charge in [-0.2, -0.15) is 0 Å². The van der Waals surface area contributed by atoms with Crippen LogP contribution in [0.2, 0.25) is 0 Å². The predicted molar refractivity (Wildman–Crippen MR) is 104 cm³/mol. The molecule has 0 radical (unpaired) electrons. The molecule has 0 aromatic carbocycles. The van der Waals surface area contributed by atoms with E-state index < -0.39 is 6.04 Å². The Morgan fingerprint density at radius 3 is 2.48 bits per heavy atom. The molecule has 0 bridgehead atoms. The molecular weight excluding hydrogens is 342 g/mol. The number of amides is 2. The maximum atomic E-state index is 12.8. The van der Waals surface area contributed by atoms with Crippen molar-refractivity contribution in [2.45, 2.75) is 57.9 Å². The Hall–Kier alpha value is -2.11. The smallest absolute Gasteiger partial charge is 0.270 e. The fourth-order valence-electron chi connectivity index (χ4n) is 3.12. The number of ether oxygens (including phenoxy) is 1. The van der Waals surface area contributed by atoms with Crippen molar-refractivity contribution in [3.8, 4) is 5.88 Å². The first-order chi connectivity index (χ1) is 12.8. The highest BCUT2D eigenvalue weighted by Crippen LogP contribution is 2.44. The average molecular weight is 373 g/mol. The van der Waals surface area contributed by atoms with Crippen molar-refractivity contribution in [1.29, 1.82) is 0 Å². The first-order valence-corrected chi connectivity index (χ1v) is 10.0. The van der Waals surface area contributed by atoms with E-state index in [1.54, 1.807) is 20.2 Å². The number of pyridine rings is 1. The highest BCUT2D eigenvalue weighted by molar-refractivity contribution is 5.96. The molecule has 2 aliphatic rings. The lowest BCUT2D eigenvalue weighted by Gasteiger charge is -2.23. The molecule has 1 heterocycles. The van der Waals surface area contributed by atoms with Crippen LogP contribution in [0.4, 0.5) is 0 Å². The lowest BCUT2D eigenvalue weighted by Crippen LogP contribution is -2.47. The SMILES string of the molecule is CC(C)C[C@H](NC(=O)c1ccc(C2CC2)c(OCC2CC2)n1)C(=O)N(C)C. The normalized spacial score (nSPS) is 17.5. The topological polar surface area (TPSA) is 71.5 Å². The monoisotopic (exact) mass is 373 g/mol. The van der Waals surface area contributed by atoms with Gasteiger partial charge in [0.2, 0.25) is 11.8 Å². The van der Waals surface area contributed by atoms with Crippen molar-refractivity contribution >= 4 is 11.8 Å². The highest BCUT2D eigenvalue weighted by Gasteiger charge is 2.30. The van der Waals surface area contributed by atoms with Gasteiger partial charge >= 0.3 is 0 Å². The molecular formula is C21H31N3O3. The summed E-state index contributed by atoms with van der Waals surface area (Å²) < 4.78 is 5.94. The van der Waals surface area contributed by atoms with Gasteiger partial charge in [0.05, 0.1) is 6.61 Å². The minimum absolute atomic E-state index is 0.100. The number of hydrogen-bond donors (Lipinski definition) is 1. The Morgan fingerprint density at radius 2 is 1.93 bits per heavy atom. The van der Waals surface area contributed by atoms with Gasteiger partial charge in [-0.1, -0.05) is 19.9 Å². The molecule has 2 aliphatic carbocycles. The van der Waals surface area contributed by atoms with Crippen LogP contribution in [0.25, 0.3) is 0 Å². The van der Waals surface area contributed by atoms with E-state index in [1.807, 2.05) is 19.9 Å². The van der Waals surface area contributed by atoms with Gasteiger partial charge in [0.25, 0.3) is 5.91 Å². The number of aromatic nitrogens is 1. The van der Waals surface area contributed by atoms with Crippen molar-refractivity contribution in [1.82, 2.24) is 15.2 Å². The Bertz CT molecular complexity index is 694. The molecule has 1 aromatic heterocycles. The Morgan fingerprint density at radius 1 is 1.22 bits per heavy atom. The summed E-state index contributed by atoms with van der Waals surface area (Å²) in [5, 5.41) is 2.87. The zero-order chi connectivity index (χ0) is 19.6. The van der Waals surface area contributed by atoms with Crippen LogP contribution in [0.1, 0.15) is 67.9 Å². The van der Waals surface area contributed by atoms with Crippen LogP contribution in [0.3, 0.4) is 0 Å². The van der Waals surface area contributed by atoms with Gasteiger partial charge in [0.1, 0.15) is 11.7 Å². The first kappa shape index (κ1) is 19.6. The highest BCUT2D eigenvalue weighted by atomic mass is 16.5. The van der Waals surface area contributed by atoms with Crippen molar-refractivity contribution in [3.63, 3.8) is 0 Å². The minimum Gasteiger partial charge on any atom is -0.477 e. The standard InChI is InChI=1S/C21H31N3O3/c1-13(2)11-18(21(26)24(3)4)22-19(25)17-10-9-16(15-7-8-15)20(23-17)27-12-14-5-6-14/h9-10,13-15,18H,5-8,11-12H2,1-4H3,(H,22,25)/t18-/m0/s1. The molecule has 27 heavy (non-hydrogen) atoms. The van der Waals surface area contributed by atoms with E-state index in [0.717, 1.165) is 18.4 Å². The lowest BCUT2D eigenvalue weighted by atomic mass is 10.0. The second kappa shape index (κ2) is 8.28. The van der Waals surface area contributed by atoms with Gasteiger partial charge in [-0.15, -0.1) is 0 Å². The Balaban J connectivity index is 1.73. The fraction of sp³-hybridized carbons (Fsp3) is 0.667. The summed E-state index contributed by atoms with van der Waals surface area (Å²) in [7, 11) is 3.41. The maximum absolute atomic E-state index is 12.8. The third-order valence-electron chi connectivity index (χ3n) is 5.04. The molecule has 2 saturated carbocycles. The van der Waals surface area contributed by atoms with E-state index in [0.29, 0.717) is 42.4 Å². The quantitative estimate of drug-likeness (QED) is 0.722. The largest absolute Gasteiger partial charge is 0.477 e. The van der Waals surface area contributed by atoms with E-state index in [9.17, 15) is 9.59 Å². The molecule has 148 valence electrons. The Labute approximate surface area is 161 Å². The van der Waals surface area contributed by atoms with Crippen molar-refractivity contribution in [3.05, 3.63) is 23.4 Å². The van der Waals surface area contributed by atoms with Crippen molar-refractivity contribution in [2.24, 2.45) is 11.8 Å². The van der Waals surface area contributed by atoms with E-state index in [-0.39, 0.29) is 11.8 Å². The van der Waals surface area contributed by atoms with Crippen molar-refractivity contribution in [2.75, 3.05) is 20.7 Å². The summed E-state index contributed by atoms with van der Waals surface area (Å²) in [6.07, 6.45) is 5.32. The van der Waals surface area contributed by atoms with Crippen LogP contribution < -0.4 is 10.1 Å². The molecule has 0 spiro atoms. The van der Waals surface area contributed by atoms with Gasteiger partial charge in [-0.3, -0.25) is 9.59 Å². The number of carbonyl (C=O) groups excluding carboxylic acids is 2. The molecule has 2 amide bonds. The zero-order valence-electron chi connectivity index (χ0n) is 16.8. The summed E-state index contributed by atoms with van der Waals surface area (Å²) in [4.78, 5) is 31.2. The third kappa shape index (κ3) is 5.44. The second-order valence-electron chi connectivity index (χ2n) is 8.51. The van der Waals surface area contributed by atoms with E-state index in [4.69, 9.17) is 4.74 Å². The fourth-order valence-corrected chi connectivity index (χ4v) is 3.12. The number of hydrogen-bond acceptors (Lipinski definition) is 4. The molecule has 1 N–H and O–H groups in total. The summed E-state index contributed by atoms with van der Waals surface area (Å²) in [5.74, 6) is 1.60. The summed E-state index contributed by atoms with van der Waals surface area (Å²) in [5.41, 5.74) is 1.42. The van der Waals surface area contributed by atoms with Gasteiger partial charge in [0, 0.05) is 19.7 Å². The average Bonchev–Trinajstić information content (AvgIpc) is 3.51. The zero-order valence-corrected chi connectivity index (χ0v) is 16.8. The number of carbonyl (C=O) groups is 2. The molecule has 6 nitrogen and oxygen atoms in total. The third-order valence-corrected chi connectivity index (χ3v) is 5.04. The summed E-state index contributed by atoms with van der Waals surface area (Å²) in [6, 6.07) is 3.17. The molecule has 0 aliphatic heterocycles. The van der Waals surface area contributed by atoms with Gasteiger partial charge in [-0.25, -0.2) is 4.98 Å². The molecule has 2 fully saturated rings. The lowest BCUT2D eigenvalue weighted by molar-refractivity contribution is -0.131. The molecule has 1 atom stereocenters.